The van der Waals surface area contributed by atoms with Crippen molar-refractivity contribution in [3.8, 4) is 5.75 Å². The van der Waals surface area contributed by atoms with E-state index >= 15 is 0 Å². The fourth-order valence-corrected chi connectivity index (χ4v) is 5.06. The van der Waals surface area contributed by atoms with Gasteiger partial charge in [-0.05, 0) is 62.5 Å². The number of fused-ring (bicyclic) bond motifs is 1. The number of carbonyl (C=O) groups is 4. The Kier molecular flexibility index (Phi) is 7.50. The maximum atomic E-state index is 12.9. The zero-order chi connectivity index (χ0) is 24.2. The van der Waals surface area contributed by atoms with Gasteiger partial charge in [0.25, 0.3) is 5.91 Å². The molecule has 0 spiro atoms. The number of ether oxygens (including phenoxy) is 1. The molecule has 2 saturated heterocycles. The Balaban J connectivity index is 1.38. The number of benzene rings is 1. The zero-order valence-corrected chi connectivity index (χ0v) is 20.0. The third-order valence-corrected chi connectivity index (χ3v) is 7.14. The highest BCUT2D eigenvalue weighted by molar-refractivity contribution is 6.05. The van der Waals surface area contributed by atoms with Crippen molar-refractivity contribution in [2.24, 2.45) is 0 Å². The van der Waals surface area contributed by atoms with Crippen LogP contribution in [0.4, 0.5) is 0 Å². The Morgan fingerprint density at radius 1 is 1.15 bits per heavy atom. The van der Waals surface area contributed by atoms with E-state index in [1.54, 1.807) is 12.1 Å². The first kappa shape index (κ1) is 24.2. The molecule has 0 radical (unpaired) electrons. The third-order valence-electron chi connectivity index (χ3n) is 7.14. The lowest BCUT2D eigenvalue weighted by Crippen LogP contribution is -2.52. The molecule has 4 amide bonds. The fraction of sp³-hybridized carbons (Fsp3) is 0.600. The molecule has 0 bridgehead atoms. The molecule has 1 N–H and O–H groups in total. The van der Waals surface area contributed by atoms with E-state index in [1.807, 2.05) is 11.0 Å². The summed E-state index contributed by atoms with van der Waals surface area (Å²) >= 11 is 0. The van der Waals surface area contributed by atoms with Gasteiger partial charge in [0.2, 0.25) is 17.7 Å². The number of piperidine rings is 2. The molecule has 1 aromatic rings. The predicted molar refractivity (Wildman–Crippen MR) is 125 cm³/mol. The van der Waals surface area contributed by atoms with Crippen LogP contribution in [0.3, 0.4) is 0 Å². The molecular weight excluding hydrogens is 436 g/mol. The Morgan fingerprint density at radius 3 is 2.68 bits per heavy atom. The number of likely N-dealkylation sites (tertiary alicyclic amines) is 1. The van der Waals surface area contributed by atoms with Crippen LogP contribution in [0.15, 0.2) is 18.2 Å². The average molecular weight is 471 g/mol. The third kappa shape index (κ3) is 5.09. The van der Waals surface area contributed by atoms with Crippen molar-refractivity contribution in [1.29, 1.82) is 0 Å². The quantitative estimate of drug-likeness (QED) is 0.579. The van der Waals surface area contributed by atoms with Gasteiger partial charge in [0, 0.05) is 25.1 Å². The van der Waals surface area contributed by atoms with Crippen LogP contribution in [0.25, 0.3) is 0 Å². The molecule has 184 valence electrons. The monoisotopic (exact) mass is 470 g/mol. The van der Waals surface area contributed by atoms with Crippen LogP contribution >= 0.6 is 0 Å². The van der Waals surface area contributed by atoms with Crippen molar-refractivity contribution in [3.05, 3.63) is 29.3 Å². The van der Waals surface area contributed by atoms with Gasteiger partial charge in [-0.3, -0.25) is 29.4 Å². The second-order valence-corrected chi connectivity index (χ2v) is 9.23. The van der Waals surface area contributed by atoms with E-state index in [0.717, 1.165) is 44.5 Å². The van der Waals surface area contributed by atoms with Crippen LogP contribution in [0.5, 0.6) is 5.75 Å². The van der Waals surface area contributed by atoms with Gasteiger partial charge in [-0.1, -0.05) is 13.8 Å². The van der Waals surface area contributed by atoms with E-state index < -0.39 is 11.9 Å². The Morgan fingerprint density at radius 2 is 1.94 bits per heavy atom. The number of amides is 4. The number of hydrogen-bond donors (Lipinski definition) is 1. The van der Waals surface area contributed by atoms with Crippen LogP contribution in [-0.4, -0.2) is 83.2 Å². The van der Waals surface area contributed by atoms with Gasteiger partial charge in [0.1, 0.15) is 18.4 Å². The highest BCUT2D eigenvalue weighted by Gasteiger charge is 2.39. The molecule has 3 aliphatic heterocycles. The topological polar surface area (TPSA) is 99.3 Å². The summed E-state index contributed by atoms with van der Waals surface area (Å²) in [6, 6.07) is 4.77. The van der Waals surface area contributed by atoms with Gasteiger partial charge in [0.15, 0.2) is 0 Å². The number of rotatable bonds is 8. The first-order valence-electron chi connectivity index (χ1n) is 12.3. The lowest BCUT2D eigenvalue weighted by molar-refractivity contribution is -0.138. The summed E-state index contributed by atoms with van der Waals surface area (Å²) in [6.07, 6.45) is 3.57. The predicted octanol–water partition coefficient (Wildman–Crippen LogP) is 1.55. The van der Waals surface area contributed by atoms with Crippen molar-refractivity contribution in [2.45, 2.75) is 64.6 Å². The van der Waals surface area contributed by atoms with Crippen molar-refractivity contribution < 1.29 is 23.9 Å². The Hall–Kier alpha value is -2.94. The normalized spacial score (nSPS) is 22.7. The Bertz CT molecular complexity index is 961. The molecule has 9 heteroatoms. The first-order valence-corrected chi connectivity index (χ1v) is 12.3. The Labute approximate surface area is 200 Å². The summed E-state index contributed by atoms with van der Waals surface area (Å²) in [5, 5.41) is 2.32. The molecule has 34 heavy (non-hydrogen) atoms. The lowest BCUT2D eigenvalue weighted by atomic mass is 10.0. The molecule has 4 rings (SSSR count). The second kappa shape index (κ2) is 10.5. The minimum absolute atomic E-state index is 0.0340. The number of imide groups is 1. The molecule has 0 aromatic heterocycles. The number of carbonyl (C=O) groups excluding carboxylic acids is 4. The van der Waals surface area contributed by atoms with Crippen LogP contribution < -0.4 is 10.1 Å². The smallest absolute Gasteiger partial charge is 0.255 e. The lowest BCUT2D eigenvalue weighted by Gasteiger charge is -2.36. The number of nitrogens with one attached hydrogen (secondary N) is 1. The molecule has 2 fully saturated rings. The number of hydrogen-bond acceptors (Lipinski definition) is 6. The van der Waals surface area contributed by atoms with Gasteiger partial charge in [-0.25, -0.2) is 0 Å². The second-order valence-electron chi connectivity index (χ2n) is 9.23. The zero-order valence-electron chi connectivity index (χ0n) is 20.0. The molecule has 1 aromatic carbocycles. The minimum Gasteiger partial charge on any atom is -0.491 e. The standard InChI is InChI=1S/C25H34N4O5/c1-3-27(4-2)15-23(31)28-12-6-5-7-18(28)16-34-19-8-9-20-17(13-19)14-29(25(20)33)21-10-11-22(30)26-24(21)32/h8-9,13,18,21H,3-7,10-12,14-16H2,1-2H3,(H,26,30,32)/t18-,21?/m0/s1. The maximum absolute atomic E-state index is 12.9. The van der Waals surface area contributed by atoms with Gasteiger partial charge in [-0.15, -0.1) is 0 Å². The summed E-state index contributed by atoms with van der Waals surface area (Å²) in [7, 11) is 0. The number of nitrogens with zero attached hydrogens (tertiary/aromatic N) is 3. The van der Waals surface area contributed by atoms with E-state index in [1.165, 1.54) is 4.90 Å². The summed E-state index contributed by atoms with van der Waals surface area (Å²) in [5.41, 5.74) is 1.37. The fourth-order valence-electron chi connectivity index (χ4n) is 5.06. The average Bonchev–Trinajstić information content (AvgIpc) is 3.16. The van der Waals surface area contributed by atoms with Gasteiger partial charge < -0.3 is 14.5 Å². The molecule has 3 heterocycles. The molecule has 0 aliphatic carbocycles. The molecule has 1 unspecified atom stereocenters. The van der Waals surface area contributed by atoms with Crippen molar-refractivity contribution in [2.75, 3.05) is 32.8 Å². The van der Waals surface area contributed by atoms with Crippen molar-refractivity contribution >= 4 is 23.6 Å². The molecule has 9 nitrogen and oxygen atoms in total. The summed E-state index contributed by atoms with van der Waals surface area (Å²) in [6.45, 7) is 7.74. The molecule has 3 aliphatic rings. The van der Waals surface area contributed by atoms with E-state index in [4.69, 9.17) is 4.74 Å². The van der Waals surface area contributed by atoms with E-state index in [2.05, 4.69) is 24.1 Å². The molecular formula is C25H34N4O5. The SMILES string of the molecule is CCN(CC)CC(=O)N1CCCC[C@H]1COc1ccc2c(c1)CN(C1CCC(=O)NC1=O)C2=O. The first-order chi connectivity index (χ1) is 16.4. The van der Waals surface area contributed by atoms with E-state index in [-0.39, 0.29) is 30.2 Å². The van der Waals surface area contributed by atoms with Crippen molar-refractivity contribution in [1.82, 2.24) is 20.0 Å². The summed E-state index contributed by atoms with van der Waals surface area (Å²) in [4.78, 5) is 55.1. The van der Waals surface area contributed by atoms with Crippen LogP contribution in [0.2, 0.25) is 0 Å². The number of likely N-dealkylation sites (N-methyl/N-ethyl adjacent to an activating group) is 1. The van der Waals surface area contributed by atoms with Gasteiger partial charge >= 0.3 is 0 Å². The van der Waals surface area contributed by atoms with Crippen molar-refractivity contribution in [3.63, 3.8) is 0 Å². The van der Waals surface area contributed by atoms with E-state index in [0.29, 0.717) is 37.4 Å². The summed E-state index contributed by atoms with van der Waals surface area (Å²) in [5.74, 6) is -0.111. The van der Waals surface area contributed by atoms with Crippen LogP contribution in [0.1, 0.15) is 61.9 Å². The van der Waals surface area contributed by atoms with E-state index in [9.17, 15) is 19.2 Å². The highest BCUT2D eigenvalue weighted by atomic mass is 16.5. The largest absolute Gasteiger partial charge is 0.491 e. The van der Waals surface area contributed by atoms with Gasteiger partial charge in [-0.2, -0.15) is 0 Å². The maximum Gasteiger partial charge on any atom is 0.255 e. The molecule has 0 saturated carbocycles. The highest BCUT2D eigenvalue weighted by Crippen LogP contribution is 2.30. The summed E-state index contributed by atoms with van der Waals surface area (Å²) < 4.78 is 6.10. The molecule has 2 atom stereocenters. The van der Waals surface area contributed by atoms with Crippen LogP contribution in [-0.2, 0) is 20.9 Å². The van der Waals surface area contributed by atoms with Crippen LogP contribution in [0, 0.1) is 0 Å². The minimum atomic E-state index is -0.630. The van der Waals surface area contributed by atoms with Gasteiger partial charge in [0.05, 0.1) is 12.6 Å².